The zero-order valence-corrected chi connectivity index (χ0v) is 7.98. The van der Waals surface area contributed by atoms with Crippen molar-refractivity contribution in [2.75, 3.05) is 20.3 Å². The highest BCUT2D eigenvalue weighted by molar-refractivity contribution is 4.94. The molecule has 0 aliphatic heterocycles. The Balaban J connectivity index is 3.31. The van der Waals surface area contributed by atoms with E-state index in [2.05, 4.69) is 32.2 Å². The molecular weight excluding hydrogens is 138 g/mol. The molecule has 0 aliphatic carbocycles. The van der Waals surface area contributed by atoms with E-state index in [1.807, 2.05) is 0 Å². The van der Waals surface area contributed by atoms with Crippen LogP contribution in [0, 0.1) is 0 Å². The zero-order chi connectivity index (χ0) is 8.69. The largest absolute Gasteiger partial charge is 0.383 e. The number of hydrogen-bond acceptors (Lipinski definition) is 2. The lowest BCUT2D eigenvalue weighted by Crippen LogP contribution is -2.30. The topological polar surface area (TPSA) is 21.3 Å². The number of rotatable bonds is 5. The van der Waals surface area contributed by atoms with Gasteiger partial charge in [-0.2, -0.15) is 0 Å². The van der Waals surface area contributed by atoms with Crippen molar-refractivity contribution < 1.29 is 4.74 Å². The van der Waals surface area contributed by atoms with Crippen molar-refractivity contribution in [3.63, 3.8) is 0 Å². The van der Waals surface area contributed by atoms with Crippen molar-refractivity contribution in [2.24, 2.45) is 0 Å². The minimum atomic E-state index is 0.440. The Morgan fingerprint density at radius 3 is 2.64 bits per heavy atom. The molecule has 1 atom stereocenters. The normalized spacial score (nSPS) is 12.7. The molecule has 0 aliphatic rings. The Hall–Kier alpha value is -0.340. The number of methoxy groups -OCH3 is 1. The molecule has 0 aromatic heterocycles. The molecule has 0 radical (unpaired) electrons. The van der Waals surface area contributed by atoms with Gasteiger partial charge in [-0.25, -0.2) is 0 Å². The number of hydrogen-bond donors (Lipinski definition) is 1. The predicted molar refractivity (Wildman–Crippen MR) is 48.8 cm³/mol. The van der Waals surface area contributed by atoms with Crippen LogP contribution in [0.1, 0.15) is 20.8 Å². The van der Waals surface area contributed by atoms with Gasteiger partial charge in [0, 0.05) is 19.7 Å². The second-order valence-electron chi connectivity index (χ2n) is 3.05. The van der Waals surface area contributed by atoms with Crippen LogP contribution in [0.25, 0.3) is 0 Å². The van der Waals surface area contributed by atoms with Crippen LogP contribution >= 0.6 is 0 Å². The highest BCUT2D eigenvalue weighted by Gasteiger charge is 1.96. The van der Waals surface area contributed by atoms with Gasteiger partial charge in [0.25, 0.3) is 0 Å². The van der Waals surface area contributed by atoms with E-state index >= 15 is 0 Å². The molecule has 0 aromatic rings. The van der Waals surface area contributed by atoms with Gasteiger partial charge < -0.3 is 10.1 Å². The minimum absolute atomic E-state index is 0.440. The SMILES string of the molecule is COCC(C)NCC=C(C)C. The maximum absolute atomic E-state index is 4.98. The highest BCUT2D eigenvalue weighted by Crippen LogP contribution is 1.87. The lowest BCUT2D eigenvalue weighted by molar-refractivity contribution is 0.174. The molecule has 2 nitrogen and oxygen atoms in total. The molecule has 0 saturated heterocycles. The third kappa shape index (κ3) is 7.56. The Labute approximate surface area is 69.6 Å². The Kier molecular flexibility index (Phi) is 6.18. The molecule has 0 bridgehead atoms. The van der Waals surface area contributed by atoms with Crippen molar-refractivity contribution in [3.05, 3.63) is 11.6 Å². The summed E-state index contributed by atoms with van der Waals surface area (Å²) in [4.78, 5) is 0. The van der Waals surface area contributed by atoms with E-state index in [9.17, 15) is 0 Å². The molecule has 1 N–H and O–H groups in total. The molecule has 0 aromatic carbocycles. The number of ether oxygens (including phenoxy) is 1. The van der Waals surface area contributed by atoms with E-state index in [0.29, 0.717) is 6.04 Å². The van der Waals surface area contributed by atoms with Crippen molar-refractivity contribution in [3.8, 4) is 0 Å². The van der Waals surface area contributed by atoms with E-state index in [1.54, 1.807) is 7.11 Å². The van der Waals surface area contributed by atoms with Crippen LogP contribution < -0.4 is 5.32 Å². The van der Waals surface area contributed by atoms with Crippen molar-refractivity contribution >= 4 is 0 Å². The first-order chi connectivity index (χ1) is 5.16. The fraction of sp³-hybridized carbons (Fsp3) is 0.778. The van der Waals surface area contributed by atoms with Crippen molar-refractivity contribution in [1.82, 2.24) is 5.32 Å². The van der Waals surface area contributed by atoms with Gasteiger partial charge in [0.05, 0.1) is 6.61 Å². The van der Waals surface area contributed by atoms with Crippen LogP contribution in [-0.2, 0) is 4.74 Å². The average Bonchev–Trinajstić information content (AvgIpc) is 1.87. The van der Waals surface area contributed by atoms with Gasteiger partial charge in [-0.3, -0.25) is 0 Å². The lowest BCUT2D eigenvalue weighted by atomic mass is 10.3. The predicted octanol–water partition coefficient (Wildman–Crippen LogP) is 1.58. The molecule has 0 amide bonds. The summed E-state index contributed by atoms with van der Waals surface area (Å²) >= 11 is 0. The number of allylic oxidation sites excluding steroid dienone is 1. The third-order valence-corrected chi connectivity index (χ3v) is 1.39. The molecule has 0 saturated carbocycles. The summed E-state index contributed by atoms with van der Waals surface area (Å²) in [7, 11) is 1.72. The van der Waals surface area contributed by atoms with Gasteiger partial charge in [-0.15, -0.1) is 0 Å². The summed E-state index contributed by atoms with van der Waals surface area (Å²) in [6, 6.07) is 0.440. The van der Waals surface area contributed by atoms with E-state index in [4.69, 9.17) is 4.74 Å². The van der Waals surface area contributed by atoms with Crippen LogP contribution in [0.4, 0.5) is 0 Å². The fourth-order valence-corrected chi connectivity index (χ4v) is 0.773. The summed E-state index contributed by atoms with van der Waals surface area (Å²) in [6.45, 7) is 8.02. The van der Waals surface area contributed by atoms with Gasteiger partial charge in [-0.1, -0.05) is 11.6 Å². The van der Waals surface area contributed by atoms with Gasteiger partial charge >= 0.3 is 0 Å². The third-order valence-electron chi connectivity index (χ3n) is 1.39. The summed E-state index contributed by atoms with van der Waals surface area (Å²) in [5.74, 6) is 0. The smallest absolute Gasteiger partial charge is 0.0613 e. The second kappa shape index (κ2) is 6.38. The highest BCUT2D eigenvalue weighted by atomic mass is 16.5. The van der Waals surface area contributed by atoms with Crippen molar-refractivity contribution in [1.29, 1.82) is 0 Å². The van der Waals surface area contributed by atoms with Crippen LogP contribution in [0.15, 0.2) is 11.6 Å². The van der Waals surface area contributed by atoms with E-state index < -0.39 is 0 Å². The van der Waals surface area contributed by atoms with Crippen LogP contribution in [0.5, 0.6) is 0 Å². The van der Waals surface area contributed by atoms with Gasteiger partial charge in [-0.05, 0) is 20.8 Å². The molecule has 0 spiro atoms. The average molecular weight is 157 g/mol. The standard InChI is InChI=1S/C9H19NO/c1-8(2)5-6-10-9(3)7-11-4/h5,9-10H,6-7H2,1-4H3. The van der Waals surface area contributed by atoms with E-state index in [0.717, 1.165) is 13.2 Å². The minimum Gasteiger partial charge on any atom is -0.383 e. The van der Waals surface area contributed by atoms with E-state index in [-0.39, 0.29) is 0 Å². The lowest BCUT2D eigenvalue weighted by Gasteiger charge is -2.10. The number of nitrogens with one attached hydrogen (secondary N) is 1. The Morgan fingerprint density at radius 1 is 1.55 bits per heavy atom. The van der Waals surface area contributed by atoms with Crippen LogP contribution in [0.2, 0.25) is 0 Å². The maximum atomic E-state index is 4.98. The van der Waals surface area contributed by atoms with Crippen LogP contribution in [-0.4, -0.2) is 26.3 Å². The quantitative estimate of drug-likeness (QED) is 0.612. The van der Waals surface area contributed by atoms with Gasteiger partial charge in [0.2, 0.25) is 0 Å². The molecular formula is C9H19NO. The van der Waals surface area contributed by atoms with Gasteiger partial charge in [0.1, 0.15) is 0 Å². The summed E-state index contributed by atoms with van der Waals surface area (Å²) < 4.78 is 4.98. The van der Waals surface area contributed by atoms with E-state index in [1.165, 1.54) is 5.57 Å². The van der Waals surface area contributed by atoms with Gasteiger partial charge in [0.15, 0.2) is 0 Å². The molecule has 0 heterocycles. The molecule has 0 fully saturated rings. The molecule has 66 valence electrons. The monoisotopic (exact) mass is 157 g/mol. The Morgan fingerprint density at radius 2 is 2.18 bits per heavy atom. The summed E-state index contributed by atoms with van der Waals surface area (Å²) in [6.07, 6.45) is 2.17. The first-order valence-corrected chi connectivity index (χ1v) is 4.02. The molecule has 11 heavy (non-hydrogen) atoms. The Bertz CT molecular complexity index is 117. The summed E-state index contributed by atoms with van der Waals surface area (Å²) in [5.41, 5.74) is 1.35. The fourth-order valence-electron chi connectivity index (χ4n) is 0.773. The maximum Gasteiger partial charge on any atom is 0.0613 e. The first kappa shape index (κ1) is 10.7. The van der Waals surface area contributed by atoms with Crippen molar-refractivity contribution in [2.45, 2.75) is 26.8 Å². The van der Waals surface area contributed by atoms with Crippen LogP contribution in [0.3, 0.4) is 0 Å². The molecule has 0 rings (SSSR count). The molecule has 1 unspecified atom stereocenters. The summed E-state index contributed by atoms with van der Waals surface area (Å²) in [5, 5.41) is 3.31. The molecule has 2 heteroatoms. The second-order valence-corrected chi connectivity index (χ2v) is 3.05. The zero-order valence-electron chi connectivity index (χ0n) is 7.98. The first-order valence-electron chi connectivity index (χ1n) is 4.02.